The van der Waals surface area contributed by atoms with E-state index >= 15 is 0 Å². The maximum Gasteiger partial charge on any atom is 0.268 e. The van der Waals surface area contributed by atoms with Crippen LogP contribution in [0, 0.1) is 0 Å². The smallest absolute Gasteiger partial charge is 0.268 e. The van der Waals surface area contributed by atoms with Crippen LogP contribution in [-0.4, -0.2) is 46.6 Å². The second-order valence-corrected chi connectivity index (χ2v) is 11.0. The summed E-state index contributed by atoms with van der Waals surface area (Å²) in [5, 5.41) is 17.5. The Hall–Kier alpha value is -3.36. The van der Waals surface area contributed by atoms with Crippen molar-refractivity contribution in [3.05, 3.63) is 77.2 Å². The Labute approximate surface area is 215 Å². The standard InChI is InChI=1S/C22H21ClN6O5S2/c1-34-19-6-5-14(10-16(19)23)11-18(22(30)27-31)29-13-15(26-28-29)12-25-36(32,33)21-8-7-20(35-21)17-4-2-3-9-24-17/h2-10,13,18,25,31H,11-12H2,1H3,(H,27,30)/t18-/m0/s1. The summed E-state index contributed by atoms with van der Waals surface area (Å²) < 4.78 is 34.5. The fraction of sp³-hybridized carbons (Fsp3) is 0.182. The normalized spacial score (nSPS) is 12.3. The van der Waals surface area contributed by atoms with E-state index in [4.69, 9.17) is 16.3 Å². The van der Waals surface area contributed by atoms with Gasteiger partial charge in [0.1, 0.15) is 16.0 Å². The van der Waals surface area contributed by atoms with Crippen molar-refractivity contribution >= 4 is 38.9 Å². The summed E-state index contributed by atoms with van der Waals surface area (Å²) in [5.74, 6) is -0.239. The van der Waals surface area contributed by atoms with Crippen LogP contribution in [0.2, 0.25) is 5.02 Å². The number of hydroxylamine groups is 1. The minimum absolute atomic E-state index is 0.129. The summed E-state index contributed by atoms with van der Waals surface area (Å²) in [7, 11) is -2.33. The molecule has 0 aliphatic rings. The predicted octanol–water partition coefficient (Wildman–Crippen LogP) is 2.83. The number of hydrogen-bond acceptors (Lipinski definition) is 9. The zero-order valence-corrected chi connectivity index (χ0v) is 21.2. The number of ether oxygens (including phenoxy) is 1. The van der Waals surface area contributed by atoms with Gasteiger partial charge in [-0.1, -0.05) is 28.9 Å². The van der Waals surface area contributed by atoms with E-state index in [0.717, 1.165) is 16.2 Å². The molecule has 14 heteroatoms. The van der Waals surface area contributed by atoms with Gasteiger partial charge in [0, 0.05) is 12.6 Å². The van der Waals surface area contributed by atoms with Crippen molar-refractivity contribution < 1.29 is 23.2 Å². The molecular weight excluding hydrogens is 528 g/mol. The number of methoxy groups -OCH3 is 1. The van der Waals surface area contributed by atoms with Crippen LogP contribution in [-0.2, 0) is 27.8 Å². The molecule has 3 heterocycles. The molecule has 0 fully saturated rings. The predicted molar refractivity (Wildman–Crippen MR) is 132 cm³/mol. The van der Waals surface area contributed by atoms with Gasteiger partial charge in [-0.15, -0.1) is 16.4 Å². The van der Waals surface area contributed by atoms with Gasteiger partial charge in [-0.25, -0.2) is 23.3 Å². The molecule has 0 unspecified atom stereocenters. The maximum atomic E-state index is 12.8. The van der Waals surface area contributed by atoms with E-state index in [2.05, 4.69) is 20.0 Å². The molecule has 0 radical (unpaired) electrons. The molecule has 4 aromatic rings. The van der Waals surface area contributed by atoms with Gasteiger partial charge in [-0.3, -0.25) is 15.0 Å². The Bertz CT molecular complexity index is 1460. The molecule has 0 saturated heterocycles. The molecule has 0 aliphatic carbocycles. The first-order chi connectivity index (χ1) is 17.3. The van der Waals surface area contributed by atoms with Crippen LogP contribution in [0.15, 0.2) is 65.1 Å². The number of carbonyl (C=O) groups excluding carboxylic acids is 1. The second-order valence-electron chi connectivity index (χ2n) is 7.51. The Balaban J connectivity index is 1.46. The lowest BCUT2D eigenvalue weighted by atomic mass is 10.1. The number of carbonyl (C=O) groups is 1. The first-order valence-electron chi connectivity index (χ1n) is 10.5. The fourth-order valence-electron chi connectivity index (χ4n) is 3.34. The minimum atomic E-state index is -3.82. The maximum absolute atomic E-state index is 12.8. The van der Waals surface area contributed by atoms with Crippen molar-refractivity contribution in [2.75, 3.05) is 7.11 Å². The second kappa shape index (κ2) is 11.1. The summed E-state index contributed by atoms with van der Waals surface area (Å²) in [6, 6.07) is 12.7. The lowest BCUT2D eigenvalue weighted by Crippen LogP contribution is -2.32. The number of nitrogens with one attached hydrogen (secondary N) is 2. The van der Waals surface area contributed by atoms with Gasteiger partial charge in [-0.05, 0) is 42.0 Å². The highest BCUT2D eigenvalue weighted by Gasteiger charge is 2.24. The van der Waals surface area contributed by atoms with Crippen molar-refractivity contribution in [3.63, 3.8) is 0 Å². The third kappa shape index (κ3) is 5.88. The van der Waals surface area contributed by atoms with E-state index in [0.29, 0.717) is 22.0 Å². The van der Waals surface area contributed by atoms with Crippen molar-refractivity contribution in [1.82, 2.24) is 30.2 Å². The molecular formula is C22H21ClN6O5S2. The van der Waals surface area contributed by atoms with E-state index in [1.807, 2.05) is 6.07 Å². The summed E-state index contributed by atoms with van der Waals surface area (Å²) in [5.41, 5.74) is 3.27. The molecule has 4 rings (SSSR count). The van der Waals surface area contributed by atoms with Gasteiger partial charge < -0.3 is 4.74 Å². The zero-order valence-electron chi connectivity index (χ0n) is 18.8. The summed E-state index contributed by atoms with van der Waals surface area (Å²) in [4.78, 5) is 17.3. The van der Waals surface area contributed by atoms with Gasteiger partial charge in [0.25, 0.3) is 5.91 Å². The molecule has 3 aromatic heterocycles. The highest BCUT2D eigenvalue weighted by atomic mass is 35.5. The largest absolute Gasteiger partial charge is 0.495 e. The molecule has 0 saturated carbocycles. The van der Waals surface area contributed by atoms with Gasteiger partial charge in [0.15, 0.2) is 0 Å². The quantitative estimate of drug-likeness (QED) is 0.202. The van der Waals surface area contributed by atoms with Gasteiger partial charge in [0.2, 0.25) is 10.0 Å². The monoisotopic (exact) mass is 548 g/mol. The van der Waals surface area contributed by atoms with Gasteiger partial charge in [0.05, 0.1) is 41.1 Å². The highest BCUT2D eigenvalue weighted by molar-refractivity contribution is 7.91. The summed E-state index contributed by atoms with van der Waals surface area (Å²) in [6.07, 6.45) is 3.20. The van der Waals surface area contributed by atoms with E-state index in [1.54, 1.807) is 48.1 Å². The van der Waals surface area contributed by atoms with Crippen molar-refractivity contribution in [1.29, 1.82) is 0 Å². The number of halogens is 1. The molecule has 3 N–H and O–H groups in total. The number of aromatic nitrogens is 4. The van der Waals surface area contributed by atoms with Crippen molar-refractivity contribution in [3.8, 4) is 16.3 Å². The number of pyridine rings is 1. The van der Waals surface area contributed by atoms with Crippen LogP contribution in [0.4, 0.5) is 0 Å². The minimum Gasteiger partial charge on any atom is -0.495 e. The number of benzene rings is 1. The number of amides is 1. The van der Waals surface area contributed by atoms with E-state index in [9.17, 15) is 18.4 Å². The fourth-order valence-corrected chi connectivity index (χ4v) is 5.95. The van der Waals surface area contributed by atoms with Crippen LogP contribution in [0.3, 0.4) is 0 Å². The van der Waals surface area contributed by atoms with E-state index in [1.165, 1.54) is 24.1 Å². The molecule has 0 spiro atoms. The van der Waals surface area contributed by atoms with Crippen LogP contribution in [0.1, 0.15) is 17.3 Å². The van der Waals surface area contributed by atoms with Gasteiger partial charge >= 0.3 is 0 Å². The first-order valence-corrected chi connectivity index (χ1v) is 13.2. The molecule has 0 aliphatic heterocycles. The molecule has 1 amide bonds. The average molecular weight is 549 g/mol. The lowest BCUT2D eigenvalue weighted by Gasteiger charge is -2.15. The Morgan fingerprint density at radius 3 is 2.78 bits per heavy atom. The first kappa shape index (κ1) is 25.7. The molecule has 36 heavy (non-hydrogen) atoms. The van der Waals surface area contributed by atoms with Crippen LogP contribution in [0.5, 0.6) is 5.75 Å². The zero-order chi connectivity index (χ0) is 25.7. The molecule has 188 valence electrons. The van der Waals surface area contributed by atoms with Crippen molar-refractivity contribution in [2.45, 2.75) is 23.2 Å². The van der Waals surface area contributed by atoms with Crippen LogP contribution >= 0.6 is 22.9 Å². The molecule has 1 atom stereocenters. The molecule has 1 aromatic carbocycles. The summed E-state index contributed by atoms with van der Waals surface area (Å²) in [6.45, 7) is -0.152. The summed E-state index contributed by atoms with van der Waals surface area (Å²) >= 11 is 7.27. The lowest BCUT2D eigenvalue weighted by molar-refractivity contribution is -0.133. The molecule has 0 bridgehead atoms. The highest BCUT2D eigenvalue weighted by Crippen LogP contribution is 2.29. The van der Waals surface area contributed by atoms with E-state index < -0.39 is 22.0 Å². The Morgan fingerprint density at radius 2 is 2.08 bits per heavy atom. The Kier molecular flexibility index (Phi) is 7.96. The van der Waals surface area contributed by atoms with Gasteiger partial charge in [-0.2, -0.15) is 0 Å². The Morgan fingerprint density at radius 1 is 1.25 bits per heavy atom. The molecule has 11 nitrogen and oxygen atoms in total. The number of sulfonamides is 1. The number of nitrogens with zero attached hydrogens (tertiary/aromatic N) is 4. The SMILES string of the molecule is COc1ccc(C[C@@H](C(=O)NO)n2cc(CNS(=O)(=O)c3ccc(-c4ccccn4)s3)nn2)cc1Cl. The average Bonchev–Trinajstić information content (AvgIpc) is 3.57. The van der Waals surface area contributed by atoms with E-state index in [-0.39, 0.29) is 22.9 Å². The van der Waals surface area contributed by atoms with Crippen LogP contribution in [0.25, 0.3) is 10.6 Å². The third-order valence-electron chi connectivity index (χ3n) is 5.14. The number of hydrogen-bond donors (Lipinski definition) is 3. The number of rotatable bonds is 10. The third-order valence-corrected chi connectivity index (χ3v) is 8.44. The number of thiophene rings is 1. The topological polar surface area (TPSA) is 148 Å². The van der Waals surface area contributed by atoms with Crippen molar-refractivity contribution in [2.24, 2.45) is 0 Å². The van der Waals surface area contributed by atoms with Crippen LogP contribution < -0.4 is 14.9 Å².